The fraction of sp³-hybridized carbons (Fsp3) is 0.689. The lowest BCUT2D eigenvalue weighted by molar-refractivity contribution is -0.135. The molecule has 0 radical (unpaired) electrons. The van der Waals surface area contributed by atoms with E-state index in [1.165, 1.54) is 12.1 Å². The van der Waals surface area contributed by atoms with Crippen LogP contribution in [0.15, 0.2) is 24.8 Å². The smallest absolute Gasteiger partial charge is 0.333 e. The summed E-state index contributed by atoms with van der Waals surface area (Å²) in [5, 5.41) is -0.935. The number of nitrogens with zero attached hydrogens (tertiary/aromatic N) is 8. The number of aromatic amines is 2. The van der Waals surface area contributed by atoms with Gasteiger partial charge < -0.3 is 9.97 Å². The Balaban J connectivity index is 1.87. The second kappa shape index (κ2) is 44.0. The van der Waals surface area contributed by atoms with Crippen molar-refractivity contribution in [3.8, 4) is 0 Å². The number of benzene rings is 1. The molecule has 2 aromatic heterocycles. The number of amides is 16. The van der Waals surface area contributed by atoms with Crippen molar-refractivity contribution in [2.75, 3.05) is 52.4 Å². The number of hydrogen-bond acceptors (Lipinski definition) is 12. The molecule has 4 fully saturated rings. The van der Waals surface area contributed by atoms with Crippen molar-refractivity contribution in [1.82, 2.24) is 49.2 Å². The van der Waals surface area contributed by atoms with Gasteiger partial charge in [-0.25, -0.2) is 19.2 Å². The first-order valence-electron chi connectivity index (χ1n) is 43.9. The van der Waals surface area contributed by atoms with Gasteiger partial charge in [-0.3, -0.25) is 77.6 Å². The Bertz CT molecular complexity index is 4000. The molecule has 1 aromatic carbocycles. The number of urea groups is 4. The lowest BCUT2D eigenvalue weighted by Crippen LogP contribution is -2.59. The minimum absolute atomic E-state index is 0.00308. The van der Waals surface area contributed by atoms with Crippen LogP contribution in [0.2, 0.25) is 0 Å². The lowest BCUT2D eigenvalue weighted by Gasteiger charge is -2.37. The number of carbonyl (C=O) groups excluding carboxylic acids is 12. The number of carbonyl (C=O) groups is 12. The number of imide groups is 8. The first kappa shape index (κ1) is 91.1. The molecule has 22 nitrogen and oxygen atoms in total. The SMILES string of the molecule is C=CC(CCCC)CN1C(=O)/C(=c2/[nH]c(=C3C(=O)N(CC(CC)CCCC)C(=O)N(CC(CC)CCCC)C3=O)c3cc4c(=C5C(=O)N(CC(CC)CCCC)C(=O)N(CC(CC)CCCC)C5=O)[nH]c(=C5C(=O)N(CC(CC)CCCC)C(=O)N(CC(CC)CCCC)C5=O)c4cc23)C(=O)N(CC(CC)CCCC)C1=O. The average Bonchev–Trinajstić information content (AvgIpc) is 1.55. The number of aromatic nitrogens is 2. The van der Waals surface area contributed by atoms with Crippen LogP contribution in [-0.4, -0.2) is 173 Å². The van der Waals surface area contributed by atoms with Gasteiger partial charge in [0, 0.05) is 73.9 Å². The van der Waals surface area contributed by atoms with Crippen molar-refractivity contribution in [1.29, 1.82) is 0 Å². The van der Waals surface area contributed by atoms with Gasteiger partial charge in [-0.1, -0.05) is 258 Å². The standard InChI is InChI=1S/C90H138N10O12/c1-17-33-41-59(25-9)51-93-79(101)71(80(102)94(87(93)109)52-60(26-10)42-34-18-2)75-67-49-69-70(50-68(67)76(91-75)72-81(103)95(53-61(27-11)43-35-19-3)88(110)96(82(72)104)54-62(28-12)44-36-20-4)78(74-85(107)99(57-65(31-15)47-39-23-7)90(112)100(86(74)108)58-66(32-16)48-40-24-8)92-77(69)73-83(105)97(55-63(29-13)45-37-21-5)89(111)98(84(73)106)56-64(30-14)46-38-22-6/h25,49-50,59-66,91-92H,9,17-24,26-48,51-58H2,1-8,10-16H3/b75-71-,76-72?,77-73?,78-74?. The van der Waals surface area contributed by atoms with Crippen molar-refractivity contribution in [3.63, 3.8) is 0 Å². The Labute approximate surface area is 667 Å². The van der Waals surface area contributed by atoms with Gasteiger partial charge in [0.2, 0.25) is 0 Å². The predicted octanol–water partition coefficient (Wildman–Crippen LogP) is 15.9. The lowest BCUT2D eigenvalue weighted by atomic mass is 9.95. The Morgan fingerprint density at radius 3 is 0.571 bits per heavy atom. The van der Waals surface area contributed by atoms with Gasteiger partial charge in [-0.2, -0.15) is 0 Å². The molecule has 0 saturated carbocycles. The monoisotopic (exact) mass is 1550 g/mol. The summed E-state index contributed by atoms with van der Waals surface area (Å²) >= 11 is 0. The van der Waals surface area contributed by atoms with Crippen LogP contribution in [0.1, 0.15) is 303 Å². The topological polar surface area (TPSA) is 262 Å². The molecule has 2 N–H and O–H groups in total. The van der Waals surface area contributed by atoms with Crippen LogP contribution >= 0.6 is 0 Å². The van der Waals surface area contributed by atoms with E-state index in [1.807, 2.05) is 55.4 Å². The summed E-state index contributed by atoms with van der Waals surface area (Å²) < 4.78 is 0. The molecule has 6 heterocycles. The Kier molecular flexibility index (Phi) is 35.8. The number of nitrogens with one attached hydrogen (secondary N) is 2. The highest BCUT2D eigenvalue weighted by Gasteiger charge is 2.50. The molecule has 4 saturated heterocycles. The van der Waals surface area contributed by atoms with E-state index in [0.29, 0.717) is 96.3 Å². The van der Waals surface area contributed by atoms with Crippen molar-refractivity contribution < 1.29 is 57.5 Å². The highest BCUT2D eigenvalue weighted by molar-refractivity contribution is 6.49. The van der Waals surface area contributed by atoms with Gasteiger partial charge in [-0.05, 0) is 111 Å². The average molecular weight is 1550 g/mol. The van der Waals surface area contributed by atoms with Crippen molar-refractivity contribution in [3.05, 3.63) is 46.2 Å². The van der Waals surface area contributed by atoms with E-state index in [1.54, 1.807) is 6.08 Å². The van der Waals surface area contributed by atoms with Gasteiger partial charge in [0.05, 0.1) is 21.4 Å². The molecule has 8 atom stereocenters. The van der Waals surface area contributed by atoms with E-state index in [0.717, 1.165) is 142 Å². The predicted molar refractivity (Wildman–Crippen MR) is 444 cm³/mol. The summed E-state index contributed by atoms with van der Waals surface area (Å²) in [5.74, 6) is -9.33. The van der Waals surface area contributed by atoms with E-state index in [-0.39, 0.29) is 137 Å². The summed E-state index contributed by atoms with van der Waals surface area (Å²) in [6.45, 7) is 34.0. The van der Waals surface area contributed by atoms with Crippen molar-refractivity contribution >= 4 is 115 Å². The molecule has 0 aliphatic carbocycles. The maximum Gasteiger partial charge on any atom is 0.333 e. The zero-order valence-corrected chi connectivity index (χ0v) is 71.1. The van der Waals surface area contributed by atoms with Crippen LogP contribution in [0, 0.1) is 47.3 Å². The zero-order chi connectivity index (χ0) is 82.2. The fourth-order valence-corrected chi connectivity index (χ4v) is 16.8. The van der Waals surface area contributed by atoms with E-state index in [4.69, 9.17) is 0 Å². The van der Waals surface area contributed by atoms with Gasteiger partial charge in [0.1, 0.15) is 22.3 Å². The van der Waals surface area contributed by atoms with Crippen LogP contribution in [0.3, 0.4) is 0 Å². The molecule has 7 rings (SSSR count). The number of rotatable bonds is 48. The molecule has 4 aliphatic rings. The second-order valence-electron chi connectivity index (χ2n) is 32.7. The van der Waals surface area contributed by atoms with Crippen LogP contribution < -0.4 is 21.4 Å². The van der Waals surface area contributed by atoms with E-state index >= 15 is 57.5 Å². The van der Waals surface area contributed by atoms with Crippen LogP contribution in [0.25, 0.3) is 43.8 Å². The first-order chi connectivity index (χ1) is 53.9. The molecule has 0 bridgehead atoms. The molecule has 8 unspecified atom stereocenters. The minimum atomic E-state index is -0.986. The molecular weight excluding hydrogens is 1410 g/mol. The largest absolute Gasteiger partial charge is 0.353 e. The second-order valence-corrected chi connectivity index (χ2v) is 32.7. The Morgan fingerprint density at radius 2 is 0.420 bits per heavy atom. The number of H-pyrrole nitrogens is 2. The zero-order valence-electron chi connectivity index (χ0n) is 71.1. The van der Waals surface area contributed by atoms with E-state index < -0.39 is 99.6 Å². The molecule has 112 heavy (non-hydrogen) atoms. The number of hydrogen-bond donors (Lipinski definition) is 2. The highest BCUT2D eigenvalue weighted by atomic mass is 16.2. The van der Waals surface area contributed by atoms with Gasteiger partial charge >= 0.3 is 24.1 Å². The number of barbiturate groups is 4. The Morgan fingerprint density at radius 1 is 0.259 bits per heavy atom. The highest BCUT2D eigenvalue weighted by Crippen LogP contribution is 2.33. The maximum atomic E-state index is 16.3. The van der Waals surface area contributed by atoms with Gasteiger partial charge in [-0.15, -0.1) is 6.58 Å². The molecule has 620 valence electrons. The number of unbranched alkanes of at least 4 members (excludes halogenated alkanes) is 8. The minimum Gasteiger partial charge on any atom is -0.353 e. The summed E-state index contributed by atoms with van der Waals surface area (Å²) in [4.78, 5) is 208. The first-order valence-corrected chi connectivity index (χ1v) is 43.9. The summed E-state index contributed by atoms with van der Waals surface area (Å²) in [6, 6.07) is -0.137. The third-order valence-electron chi connectivity index (χ3n) is 24.8. The third-order valence-corrected chi connectivity index (χ3v) is 24.8. The van der Waals surface area contributed by atoms with Crippen LogP contribution in [0.5, 0.6) is 0 Å². The molecule has 22 heteroatoms. The summed E-state index contributed by atoms with van der Waals surface area (Å²) in [7, 11) is 0. The maximum absolute atomic E-state index is 16.3. The van der Waals surface area contributed by atoms with E-state index in [9.17, 15) is 0 Å². The summed E-state index contributed by atoms with van der Waals surface area (Å²) in [5.41, 5.74) is -2.03. The van der Waals surface area contributed by atoms with Gasteiger partial charge in [0.15, 0.2) is 0 Å². The van der Waals surface area contributed by atoms with Crippen LogP contribution in [0.4, 0.5) is 19.2 Å². The van der Waals surface area contributed by atoms with Crippen LogP contribution in [-0.2, 0) is 38.4 Å². The summed E-state index contributed by atoms with van der Waals surface area (Å²) in [6.07, 6.45) is 24.1. The normalized spacial score (nSPS) is 18.5. The molecular formula is C90H138N10O12. The quantitative estimate of drug-likeness (QED) is 0.0500. The molecule has 4 aliphatic heterocycles. The fourth-order valence-electron chi connectivity index (χ4n) is 16.8. The van der Waals surface area contributed by atoms with Crippen molar-refractivity contribution in [2.45, 2.75) is 303 Å². The number of fused-ring (bicyclic) bond motifs is 2. The Hall–Kier alpha value is -8.04. The molecule has 3 aromatic rings. The third kappa shape index (κ3) is 20.7. The molecule has 16 amide bonds. The van der Waals surface area contributed by atoms with E-state index in [2.05, 4.69) is 65.0 Å². The molecule has 0 spiro atoms. The van der Waals surface area contributed by atoms with Gasteiger partial charge in [0.25, 0.3) is 47.3 Å². The van der Waals surface area contributed by atoms with Crippen molar-refractivity contribution in [2.24, 2.45) is 47.3 Å².